The molecule has 0 saturated heterocycles. The van der Waals surface area contributed by atoms with E-state index in [0.717, 1.165) is 21.7 Å². The number of aromatic nitrogens is 2. The van der Waals surface area contributed by atoms with Gasteiger partial charge in [-0.3, -0.25) is 14.2 Å². The summed E-state index contributed by atoms with van der Waals surface area (Å²) in [7, 11) is 1.69. The van der Waals surface area contributed by atoms with Crippen LogP contribution in [0.1, 0.15) is 5.56 Å². The van der Waals surface area contributed by atoms with Crippen LogP contribution < -0.4 is 10.9 Å². The molecule has 2 heterocycles. The van der Waals surface area contributed by atoms with Gasteiger partial charge < -0.3 is 5.32 Å². The number of thioether (sulfide) groups is 1. The second kappa shape index (κ2) is 8.23. The molecule has 0 atom stereocenters. The van der Waals surface area contributed by atoms with Crippen LogP contribution in [0.25, 0.3) is 20.7 Å². The van der Waals surface area contributed by atoms with Crippen LogP contribution in [0.2, 0.25) is 0 Å². The largest absolute Gasteiger partial charge is 0.325 e. The van der Waals surface area contributed by atoms with Gasteiger partial charge in [-0.2, -0.15) is 0 Å². The third-order valence-corrected chi connectivity index (χ3v) is 6.63. The number of nitrogens with one attached hydrogen (secondary N) is 1. The number of carbonyl (C=O) groups is 1. The van der Waals surface area contributed by atoms with Crippen molar-refractivity contribution in [1.82, 2.24) is 9.55 Å². The molecule has 0 saturated carbocycles. The summed E-state index contributed by atoms with van der Waals surface area (Å²) in [5.41, 5.74) is 3.52. The minimum absolute atomic E-state index is 0.0939. The molecule has 5 nitrogen and oxygen atoms in total. The van der Waals surface area contributed by atoms with Gasteiger partial charge in [0.15, 0.2) is 5.16 Å². The van der Waals surface area contributed by atoms with Gasteiger partial charge in [0.2, 0.25) is 5.91 Å². The molecule has 2 aromatic carbocycles. The summed E-state index contributed by atoms with van der Waals surface area (Å²) >= 11 is 2.70. The Morgan fingerprint density at radius 2 is 1.86 bits per heavy atom. The summed E-state index contributed by atoms with van der Waals surface area (Å²) < 4.78 is 2.14. The maximum Gasteiger partial charge on any atom is 0.271 e. The Bertz CT molecular complexity index is 1230. The summed E-state index contributed by atoms with van der Waals surface area (Å²) in [6.07, 6.45) is 0. The van der Waals surface area contributed by atoms with Crippen LogP contribution in [-0.4, -0.2) is 21.2 Å². The Morgan fingerprint density at radius 1 is 1.14 bits per heavy atom. The number of aryl methyl sites for hydroxylation is 1. The van der Waals surface area contributed by atoms with E-state index in [9.17, 15) is 9.59 Å². The maximum atomic E-state index is 12.8. The Morgan fingerprint density at radius 3 is 2.59 bits per heavy atom. The Balaban J connectivity index is 1.54. The predicted molar refractivity (Wildman–Crippen MR) is 121 cm³/mol. The smallest absolute Gasteiger partial charge is 0.271 e. The first-order valence-corrected chi connectivity index (χ1v) is 10.9. The van der Waals surface area contributed by atoms with Crippen molar-refractivity contribution >= 4 is 44.9 Å². The molecule has 29 heavy (non-hydrogen) atoms. The van der Waals surface area contributed by atoms with Crippen molar-refractivity contribution in [2.45, 2.75) is 12.1 Å². The van der Waals surface area contributed by atoms with E-state index in [1.165, 1.54) is 27.7 Å². The van der Waals surface area contributed by atoms with E-state index < -0.39 is 0 Å². The highest BCUT2D eigenvalue weighted by molar-refractivity contribution is 7.99. The Labute approximate surface area is 176 Å². The highest BCUT2D eigenvalue weighted by Crippen LogP contribution is 2.31. The lowest BCUT2D eigenvalue weighted by Gasteiger charge is -2.08. The van der Waals surface area contributed by atoms with Gasteiger partial charge in [0, 0.05) is 17.6 Å². The fourth-order valence-corrected chi connectivity index (χ4v) is 4.72. The number of rotatable bonds is 5. The zero-order chi connectivity index (χ0) is 20.4. The standard InChI is InChI=1S/C22H19N3O2S2/c1-14-8-10-16(11-9-14)23-19(26)13-28-22-24-17-12-18(15-6-4-3-5-7-15)29-20(17)21(27)25(22)2/h3-12H,13H2,1-2H3,(H,23,26). The van der Waals surface area contributed by atoms with Gasteiger partial charge in [0.05, 0.1) is 11.3 Å². The van der Waals surface area contributed by atoms with E-state index in [1.807, 2.05) is 67.6 Å². The SMILES string of the molecule is Cc1ccc(NC(=O)CSc2nc3cc(-c4ccccc4)sc3c(=O)n2C)cc1. The van der Waals surface area contributed by atoms with Gasteiger partial charge >= 0.3 is 0 Å². The number of hydrogen-bond donors (Lipinski definition) is 1. The molecule has 0 aliphatic heterocycles. The normalized spacial score (nSPS) is 11.0. The number of benzene rings is 2. The molecule has 4 rings (SSSR count). The van der Waals surface area contributed by atoms with Crippen LogP contribution in [0.4, 0.5) is 5.69 Å². The number of anilines is 1. The van der Waals surface area contributed by atoms with Crippen molar-refractivity contribution in [2.75, 3.05) is 11.1 Å². The summed E-state index contributed by atoms with van der Waals surface area (Å²) in [5.74, 6) is 0.0403. The average molecular weight is 422 g/mol. The van der Waals surface area contributed by atoms with E-state index in [-0.39, 0.29) is 17.2 Å². The zero-order valence-corrected chi connectivity index (χ0v) is 17.6. The number of carbonyl (C=O) groups excluding carboxylic acids is 1. The van der Waals surface area contributed by atoms with Gasteiger partial charge in [-0.15, -0.1) is 11.3 Å². The van der Waals surface area contributed by atoms with Gasteiger partial charge in [0.25, 0.3) is 5.56 Å². The first-order chi connectivity index (χ1) is 14.0. The molecule has 0 spiro atoms. The van der Waals surface area contributed by atoms with Gasteiger partial charge in [0.1, 0.15) is 4.70 Å². The van der Waals surface area contributed by atoms with Crippen LogP contribution in [-0.2, 0) is 11.8 Å². The lowest BCUT2D eigenvalue weighted by Crippen LogP contribution is -2.20. The average Bonchev–Trinajstić information content (AvgIpc) is 3.16. The van der Waals surface area contributed by atoms with Crippen LogP contribution in [0.3, 0.4) is 0 Å². The van der Waals surface area contributed by atoms with Crippen LogP contribution in [0.15, 0.2) is 70.6 Å². The highest BCUT2D eigenvalue weighted by atomic mass is 32.2. The molecule has 146 valence electrons. The van der Waals surface area contributed by atoms with Crippen LogP contribution in [0, 0.1) is 6.92 Å². The van der Waals surface area contributed by atoms with Crippen molar-refractivity contribution in [1.29, 1.82) is 0 Å². The third-order valence-electron chi connectivity index (χ3n) is 4.44. The Hall–Kier alpha value is -2.90. The molecule has 0 fully saturated rings. The van der Waals surface area contributed by atoms with Gasteiger partial charge in [-0.25, -0.2) is 4.98 Å². The quantitative estimate of drug-likeness (QED) is 0.375. The minimum Gasteiger partial charge on any atom is -0.325 e. The van der Waals surface area contributed by atoms with Crippen molar-refractivity contribution in [3.05, 3.63) is 76.6 Å². The monoisotopic (exact) mass is 421 g/mol. The molecule has 0 aliphatic carbocycles. The summed E-state index contributed by atoms with van der Waals surface area (Å²) in [4.78, 5) is 30.7. The number of nitrogens with zero attached hydrogens (tertiary/aromatic N) is 2. The van der Waals surface area contributed by atoms with E-state index in [1.54, 1.807) is 7.05 Å². The fourth-order valence-electron chi connectivity index (χ4n) is 2.87. The van der Waals surface area contributed by atoms with E-state index in [4.69, 9.17) is 0 Å². The molecule has 0 aliphatic rings. The third kappa shape index (κ3) is 4.26. The first kappa shape index (κ1) is 19.4. The van der Waals surface area contributed by atoms with E-state index in [0.29, 0.717) is 15.4 Å². The molecule has 1 amide bonds. The first-order valence-electron chi connectivity index (χ1n) is 9.06. The lowest BCUT2D eigenvalue weighted by molar-refractivity contribution is -0.113. The van der Waals surface area contributed by atoms with Gasteiger partial charge in [-0.05, 0) is 30.7 Å². The molecule has 0 radical (unpaired) electrons. The van der Waals surface area contributed by atoms with Crippen molar-refractivity contribution < 1.29 is 4.79 Å². The topological polar surface area (TPSA) is 64.0 Å². The van der Waals surface area contributed by atoms with Crippen molar-refractivity contribution in [3.8, 4) is 10.4 Å². The minimum atomic E-state index is -0.136. The van der Waals surface area contributed by atoms with Crippen molar-refractivity contribution in [2.24, 2.45) is 7.05 Å². The van der Waals surface area contributed by atoms with Crippen LogP contribution in [0.5, 0.6) is 0 Å². The number of fused-ring (bicyclic) bond motifs is 1. The molecular weight excluding hydrogens is 402 g/mol. The van der Waals surface area contributed by atoms with E-state index in [2.05, 4.69) is 10.3 Å². The molecular formula is C22H19N3O2S2. The summed E-state index contributed by atoms with van der Waals surface area (Å²) in [6, 6.07) is 19.5. The fraction of sp³-hybridized carbons (Fsp3) is 0.136. The zero-order valence-electron chi connectivity index (χ0n) is 16.0. The number of hydrogen-bond acceptors (Lipinski definition) is 5. The van der Waals surface area contributed by atoms with E-state index >= 15 is 0 Å². The Kier molecular flexibility index (Phi) is 5.51. The second-order valence-electron chi connectivity index (χ2n) is 6.65. The van der Waals surface area contributed by atoms with Crippen molar-refractivity contribution in [3.63, 3.8) is 0 Å². The molecule has 2 aromatic heterocycles. The highest BCUT2D eigenvalue weighted by Gasteiger charge is 2.14. The van der Waals surface area contributed by atoms with Gasteiger partial charge in [-0.1, -0.05) is 59.8 Å². The summed E-state index contributed by atoms with van der Waals surface area (Å²) in [6.45, 7) is 2.00. The molecule has 7 heteroatoms. The molecule has 4 aromatic rings. The number of thiophene rings is 1. The maximum absolute atomic E-state index is 12.8. The van der Waals surface area contributed by atoms with Crippen LogP contribution >= 0.6 is 23.1 Å². The summed E-state index contributed by atoms with van der Waals surface area (Å²) in [5, 5.41) is 3.39. The lowest BCUT2D eigenvalue weighted by atomic mass is 10.2. The number of amides is 1. The molecule has 0 unspecified atom stereocenters. The molecule has 1 N–H and O–H groups in total. The second-order valence-corrected chi connectivity index (χ2v) is 8.65. The molecule has 0 bridgehead atoms. The predicted octanol–water partition coefficient (Wildman–Crippen LogP) is 4.70.